The molecule has 1 aliphatic carbocycles. The molecule has 2 atom stereocenters. The highest BCUT2D eigenvalue weighted by Crippen LogP contribution is 2.55. The van der Waals surface area contributed by atoms with Gasteiger partial charge < -0.3 is 15.2 Å². The number of fused-ring (bicyclic) bond motifs is 1. The Morgan fingerprint density at radius 3 is 2.47 bits per heavy atom. The third-order valence-corrected chi connectivity index (χ3v) is 8.00. The number of rotatable bonds is 4. The number of anilines is 1. The van der Waals surface area contributed by atoms with Crippen molar-refractivity contribution in [3.05, 3.63) is 48.0 Å². The first-order chi connectivity index (χ1) is 14.1. The lowest BCUT2D eigenvalue weighted by Gasteiger charge is -2.41. The molecular weight excluding hydrogens is 396 g/mol. The van der Waals surface area contributed by atoms with Gasteiger partial charge in [-0.05, 0) is 67.1 Å². The number of aryl methyl sites for hydroxylation is 1. The summed E-state index contributed by atoms with van der Waals surface area (Å²) in [5.41, 5.74) is 2.19. The first-order valence-corrected chi connectivity index (χ1v) is 10.9. The molecule has 0 spiro atoms. The highest BCUT2D eigenvalue weighted by Gasteiger charge is 2.54. The number of aromatic nitrogens is 1. The summed E-state index contributed by atoms with van der Waals surface area (Å²) in [5.74, 6) is -1.61. The topological polar surface area (TPSA) is 82.1 Å². The number of carboxylic acids is 1. The van der Waals surface area contributed by atoms with E-state index in [0.717, 1.165) is 20.8 Å². The molecule has 6 heteroatoms. The van der Waals surface area contributed by atoms with E-state index in [-0.39, 0.29) is 11.8 Å². The van der Waals surface area contributed by atoms with E-state index < -0.39 is 16.8 Å². The number of hydrogen-bond acceptors (Lipinski definition) is 5. The van der Waals surface area contributed by atoms with Crippen LogP contribution in [0.5, 0.6) is 0 Å². The van der Waals surface area contributed by atoms with Crippen LogP contribution in [0.1, 0.15) is 39.2 Å². The van der Waals surface area contributed by atoms with Crippen LogP contribution >= 0.6 is 11.3 Å². The summed E-state index contributed by atoms with van der Waals surface area (Å²) in [5, 5.41) is 15.6. The van der Waals surface area contributed by atoms with E-state index in [1.165, 1.54) is 5.56 Å². The number of carbonyl (C=O) groups is 2. The molecule has 3 aromatic rings. The van der Waals surface area contributed by atoms with E-state index in [2.05, 4.69) is 24.4 Å². The van der Waals surface area contributed by atoms with Crippen molar-refractivity contribution in [2.24, 2.45) is 16.7 Å². The second-order valence-electron chi connectivity index (χ2n) is 8.99. The molecule has 0 radical (unpaired) electrons. The largest absolute Gasteiger partial charge is 0.550 e. The van der Waals surface area contributed by atoms with Gasteiger partial charge >= 0.3 is 0 Å². The SMILES string of the molecule is Cc1ccc2nc(-c3ccc(NC(=O)[C@@H]4CC[C@@](C)(C(=O)[O-])C4(C)C)cc3)sc2c1. The highest BCUT2D eigenvalue weighted by molar-refractivity contribution is 7.21. The molecule has 1 saturated carbocycles. The Morgan fingerprint density at radius 1 is 1.13 bits per heavy atom. The minimum absolute atomic E-state index is 0.145. The monoisotopic (exact) mass is 421 g/mol. The number of carbonyl (C=O) groups excluding carboxylic acids is 2. The third-order valence-electron chi connectivity index (χ3n) is 6.94. The second-order valence-corrected chi connectivity index (χ2v) is 10.0. The average molecular weight is 422 g/mol. The fourth-order valence-corrected chi connectivity index (χ4v) is 5.47. The van der Waals surface area contributed by atoms with E-state index in [1.54, 1.807) is 18.3 Å². The van der Waals surface area contributed by atoms with Crippen LogP contribution < -0.4 is 10.4 Å². The first-order valence-electron chi connectivity index (χ1n) is 10.1. The van der Waals surface area contributed by atoms with Gasteiger partial charge in [-0.3, -0.25) is 4.79 Å². The summed E-state index contributed by atoms with van der Waals surface area (Å²) in [6.45, 7) is 7.44. The summed E-state index contributed by atoms with van der Waals surface area (Å²) in [4.78, 5) is 29.3. The summed E-state index contributed by atoms with van der Waals surface area (Å²) in [6, 6.07) is 13.9. The summed E-state index contributed by atoms with van der Waals surface area (Å²) in [6.07, 6.45) is 0.975. The number of nitrogens with zero attached hydrogens (tertiary/aromatic N) is 1. The normalized spacial score (nSPS) is 22.9. The van der Waals surface area contributed by atoms with Gasteiger partial charge in [0.25, 0.3) is 0 Å². The summed E-state index contributed by atoms with van der Waals surface area (Å²) >= 11 is 1.65. The molecule has 1 amide bonds. The van der Waals surface area contributed by atoms with Gasteiger partial charge in [-0.2, -0.15) is 0 Å². The van der Waals surface area contributed by atoms with Crippen LogP contribution in [0.15, 0.2) is 42.5 Å². The molecule has 1 fully saturated rings. The zero-order chi connectivity index (χ0) is 21.7. The Bertz CT molecular complexity index is 1130. The summed E-state index contributed by atoms with van der Waals surface area (Å²) in [7, 11) is 0. The number of hydrogen-bond donors (Lipinski definition) is 1. The van der Waals surface area contributed by atoms with E-state index in [1.807, 2.05) is 44.2 Å². The Labute approximate surface area is 180 Å². The van der Waals surface area contributed by atoms with Crippen LogP contribution in [-0.4, -0.2) is 16.9 Å². The highest BCUT2D eigenvalue weighted by atomic mass is 32.1. The van der Waals surface area contributed by atoms with Crippen molar-refractivity contribution in [2.75, 3.05) is 5.32 Å². The number of amides is 1. The molecule has 1 aromatic heterocycles. The minimum Gasteiger partial charge on any atom is -0.550 e. The minimum atomic E-state index is -1.09. The van der Waals surface area contributed by atoms with Gasteiger partial charge in [0, 0.05) is 28.6 Å². The standard InChI is InChI=1S/C24H26N2O3S/c1-14-5-10-18-19(13-14)30-21(26-18)15-6-8-16(9-7-15)25-20(27)17-11-12-24(4,22(28)29)23(17,2)3/h5-10,13,17H,11-12H2,1-4H3,(H,25,27)(H,28,29)/p-1/t17-,24-/m0/s1. The number of aliphatic carboxylic acids is 1. The van der Waals surface area contributed by atoms with Gasteiger partial charge in [0.2, 0.25) is 5.91 Å². The van der Waals surface area contributed by atoms with E-state index in [9.17, 15) is 14.7 Å². The summed E-state index contributed by atoms with van der Waals surface area (Å²) < 4.78 is 1.15. The molecule has 1 aliphatic rings. The Morgan fingerprint density at radius 2 is 1.83 bits per heavy atom. The maximum Gasteiger partial charge on any atom is 0.228 e. The molecular formula is C24H25N2O3S-. The van der Waals surface area contributed by atoms with Gasteiger partial charge in [0.05, 0.1) is 10.2 Å². The van der Waals surface area contributed by atoms with Crippen molar-refractivity contribution in [3.8, 4) is 10.6 Å². The van der Waals surface area contributed by atoms with E-state index >= 15 is 0 Å². The molecule has 1 heterocycles. The molecule has 156 valence electrons. The molecule has 5 nitrogen and oxygen atoms in total. The number of thiazole rings is 1. The quantitative estimate of drug-likeness (QED) is 0.677. The second kappa shape index (κ2) is 7.20. The molecule has 4 rings (SSSR count). The van der Waals surface area contributed by atoms with Crippen LogP contribution in [0.25, 0.3) is 20.8 Å². The Balaban J connectivity index is 1.51. The molecule has 0 aliphatic heterocycles. The fraction of sp³-hybridized carbons (Fsp3) is 0.375. The Hall–Kier alpha value is -2.73. The van der Waals surface area contributed by atoms with Crippen molar-refractivity contribution in [3.63, 3.8) is 0 Å². The molecule has 0 saturated heterocycles. The lowest BCUT2D eigenvalue weighted by molar-refractivity contribution is -0.323. The fourth-order valence-electron chi connectivity index (χ4n) is 4.41. The van der Waals surface area contributed by atoms with Gasteiger partial charge in [0.15, 0.2) is 0 Å². The van der Waals surface area contributed by atoms with Crippen molar-refractivity contribution in [2.45, 2.75) is 40.5 Å². The molecule has 2 aromatic carbocycles. The maximum absolute atomic E-state index is 12.9. The number of nitrogens with one attached hydrogen (secondary N) is 1. The van der Waals surface area contributed by atoms with Crippen molar-refractivity contribution >= 4 is 39.1 Å². The Kier molecular flexibility index (Phi) is 4.93. The lowest BCUT2D eigenvalue weighted by Crippen LogP contribution is -2.49. The van der Waals surface area contributed by atoms with Gasteiger partial charge in [0.1, 0.15) is 5.01 Å². The number of carboxylic acid groups (broad SMARTS) is 1. The van der Waals surface area contributed by atoms with E-state index in [4.69, 9.17) is 4.98 Å². The van der Waals surface area contributed by atoms with Gasteiger partial charge in [-0.1, -0.05) is 26.8 Å². The maximum atomic E-state index is 12.9. The predicted molar refractivity (Wildman–Crippen MR) is 118 cm³/mol. The van der Waals surface area contributed by atoms with Crippen LogP contribution in [0.4, 0.5) is 5.69 Å². The molecule has 1 N–H and O–H groups in total. The smallest absolute Gasteiger partial charge is 0.228 e. The zero-order valence-corrected chi connectivity index (χ0v) is 18.4. The lowest BCUT2D eigenvalue weighted by atomic mass is 9.65. The van der Waals surface area contributed by atoms with E-state index in [0.29, 0.717) is 18.5 Å². The van der Waals surface area contributed by atoms with Crippen molar-refractivity contribution in [1.82, 2.24) is 4.98 Å². The van der Waals surface area contributed by atoms with Crippen molar-refractivity contribution < 1.29 is 14.7 Å². The molecule has 0 unspecified atom stereocenters. The first kappa shape index (κ1) is 20.5. The molecule has 30 heavy (non-hydrogen) atoms. The predicted octanol–water partition coefficient (Wildman–Crippen LogP) is 4.40. The van der Waals surface area contributed by atoms with Crippen LogP contribution in [-0.2, 0) is 9.59 Å². The van der Waals surface area contributed by atoms with Crippen LogP contribution in [0.3, 0.4) is 0 Å². The van der Waals surface area contributed by atoms with Gasteiger partial charge in [-0.25, -0.2) is 4.98 Å². The third kappa shape index (κ3) is 3.29. The number of benzene rings is 2. The van der Waals surface area contributed by atoms with Gasteiger partial charge in [-0.15, -0.1) is 11.3 Å². The van der Waals surface area contributed by atoms with Crippen LogP contribution in [0, 0.1) is 23.7 Å². The molecule has 0 bridgehead atoms. The average Bonchev–Trinajstić information content (AvgIpc) is 3.21. The van der Waals surface area contributed by atoms with Crippen molar-refractivity contribution in [1.29, 1.82) is 0 Å². The zero-order valence-electron chi connectivity index (χ0n) is 17.6. The van der Waals surface area contributed by atoms with Crippen LogP contribution in [0.2, 0.25) is 0 Å².